The van der Waals surface area contributed by atoms with Crippen LogP contribution in [0, 0.1) is 0 Å². The lowest BCUT2D eigenvalue weighted by Gasteiger charge is -2.01. The highest BCUT2D eigenvalue weighted by atomic mass is 32.2. The Morgan fingerprint density at radius 2 is 2.08 bits per heavy atom. The van der Waals surface area contributed by atoms with Crippen LogP contribution in [0.2, 0.25) is 0 Å². The summed E-state index contributed by atoms with van der Waals surface area (Å²) in [5.74, 6) is -0.228. The maximum Gasteiger partial charge on any atom is 0.267 e. The van der Waals surface area contributed by atoms with E-state index in [1.807, 2.05) is 0 Å². The Hall–Kier alpha value is -0.620. The lowest BCUT2D eigenvalue weighted by atomic mass is 10.5. The molecule has 0 radical (unpaired) electrons. The van der Waals surface area contributed by atoms with Gasteiger partial charge in [-0.25, -0.2) is 0 Å². The number of rotatable bonds is 5. The van der Waals surface area contributed by atoms with Crippen molar-refractivity contribution in [1.29, 1.82) is 0 Å². The molecule has 12 heavy (non-hydrogen) atoms. The van der Waals surface area contributed by atoms with Crippen LogP contribution in [0.4, 0.5) is 0 Å². The summed E-state index contributed by atoms with van der Waals surface area (Å²) in [4.78, 5) is 10.3. The van der Waals surface area contributed by atoms with Crippen molar-refractivity contribution in [3.8, 4) is 0 Å². The van der Waals surface area contributed by atoms with Crippen LogP contribution in [-0.2, 0) is 19.1 Å². The predicted molar refractivity (Wildman–Crippen MR) is 44.1 cm³/mol. The van der Waals surface area contributed by atoms with Crippen molar-refractivity contribution in [2.45, 2.75) is 13.3 Å². The second kappa shape index (κ2) is 5.10. The summed E-state index contributed by atoms with van der Waals surface area (Å²) in [7, 11) is -2.25. The minimum Gasteiger partial charge on any atom is -0.356 e. The molecule has 0 spiro atoms. The standard InChI is InChI=1S/C6H13NO4S/c1-6(8)7-4-3-5-12(9,10)11-2/h3-5H2,1-2H3,(H,7,8). The Morgan fingerprint density at radius 1 is 1.50 bits per heavy atom. The van der Waals surface area contributed by atoms with Crippen molar-refractivity contribution in [2.24, 2.45) is 0 Å². The Morgan fingerprint density at radius 3 is 2.50 bits per heavy atom. The Kier molecular flexibility index (Phi) is 4.84. The fourth-order valence-electron chi connectivity index (χ4n) is 0.597. The van der Waals surface area contributed by atoms with Crippen LogP contribution in [-0.4, -0.2) is 33.7 Å². The average Bonchev–Trinajstić information content (AvgIpc) is 1.98. The van der Waals surface area contributed by atoms with Crippen LogP contribution in [0.25, 0.3) is 0 Å². The quantitative estimate of drug-likeness (QED) is 0.473. The zero-order valence-electron chi connectivity index (χ0n) is 7.16. The number of carbonyl (C=O) groups excluding carboxylic acids is 1. The smallest absolute Gasteiger partial charge is 0.267 e. The molecule has 0 fully saturated rings. The molecular formula is C6H13NO4S. The summed E-state index contributed by atoms with van der Waals surface area (Å²) in [5, 5.41) is 2.48. The van der Waals surface area contributed by atoms with Crippen molar-refractivity contribution in [3.63, 3.8) is 0 Å². The van der Waals surface area contributed by atoms with Gasteiger partial charge in [-0.1, -0.05) is 0 Å². The van der Waals surface area contributed by atoms with Crippen molar-refractivity contribution in [1.82, 2.24) is 5.32 Å². The predicted octanol–water partition coefficient (Wildman–Crippen LogP) is -0.511. The molecular weight excluding hydrogens is 182 g/mol. The maximum atomic E-state index is 10.7. The molecule has 6 heteroatoms. The number of amides is 1. The molecule has 0 aliphatic carbocycles. The van der Waals surface area contributed by atoms with Gasteiger partial charge in [0.25, 0.3) is 10.1 Å². The normalized spacial score (nSPS) is 11.2. The first-order chi connectivity index (χ1) is 5.48. The van der Waals surface area contributed by atoms with Gasteiger partial charge in [0.2, 0.25) is 5.91 Å². The summed E-state index contributed by atoms with van der Waals surface area (Å²) in [6.07, 6.45) is 0.371. The summed E-state index contributed by atoms with van der Waals surface area (Å²) in [5.41, 5.74) is 0. The van der Waals surface area contributed by atoms with Crippen molar-refractivity contribution < 1.29 is 17.4 Å². The Balaban J connectivity index is 3.51. The summed E-state index contributed by atoms with van der Waals surface area (Å²) in [6.45, 7) is 1.74. The molecule has 0 aromatic carbocycles. The van der Waals surface area contributed by atoms with Crippen LogP contribution in [0.3, 0.4) is 0 Å². The monoisotopic (exact) mass is 195 g/mol. The molecule has 1 amide bonds. The molecule has 72 valence electrons. The van der Waals surface area contributed by atoms with E-state index >= 15 is 0 Å². The third-order valence-electron chi connectivity index (χ3n) is 1.20. The number of nitrogens with one attached hydrogen (secondary N) is 1. The summed E-state index contributed by atoms with van der Waals surface area (Å²) in [6, 6.07) is 0. The van der Waals surface area contributed by atoms with Gasteiger partial charge in [0, 0.05) is 13.5 Å². The molecule has 0 unspecified atom stereocenters. The number of hydrogen-bond donors (Lipinski definition) is 1. The minimum atomic E-state index is -3.37. The molecule has 0 atom stereocenters. The van der Waals surface area contributed by atoms with E-state index in [0.717, 1.165) is 7.11 Å². The molecule has 5 nitrogen and oxygen atoms in total. The highest BCUT2D eigenvalue weighted by Crippen LogP contribution is 1.92. The molecule has 0 saturated carbocycles. The van der Waals surface area contributed by atoms with Crippen LogP contribution in [0.15, 0.2) is 0 Å². The van der Waals surface area contributed by atoms with Gasteiger partial charge in [-0.3, -0.25) is 8.98 Å². The van der Waals surface area contributed by atoms with Gasteiger partial charge in [0.15, 0.2) is 0 Å². The van der Waals surface area contributed by atoms with Crippen LogP contribution in [0.5, 0.6) is 0 Å². The molecule has 0 aliphatic rings. The molecule has 0 aliphatic heterocycles. The Labute approximate surface area is 72.2 Å². The average molecular weight is 195 g/mol. The van der Waals surface area contributed by atoms with Crippen molar-refractivity contribution in [3.05, 3.63) is 0 Å². The first kappa shape index (κ1) is 11.4. The zero-order valence-corrected chi connectivity index (χ0v) is 7.98. The highest BCUT2D eigenvalue weighted by molar-refractivity contribution is 7.86. The fraction of sp³-hybridized carbons (Fsp3) is 0.833. The number of carbonyl (C=O) groups is 1. The third-order valence-corrected chi connectivity index (χ3v) is 2.50. The van der Waals surface area contributed by atoms with Gasteiger partial charge in [-0.2, -0.15) is 8.42 Å². The second-order valence-electron chi connectivity index (χ2n) is 2.26. The van der Waals surface area contributed by atoms with E-state index in [0.29, 0.717) is 13.0 Å². The molecule has 1 N–H and O–H groups in total. The lowest BCUT2D eigenvalue weighted by Crippen LogP contribution is -2.23. The van der Waals surface area contributed by atoms with E-state index in [2.05, 4.69) is 9.50 Å². The largest absolute Gasteiger partial charge is 0.356 e. The van der Waals surface area contributed by atoms with Gasteiger partial charge in [0.1, 0.15) is 0 Å². The molecule has 0 rings (SSSR count). The van der Waals surface area contributed by atoms with E-state index in [1.54, 1.807) is 0 Å². The third kappa shape index (κ3) is 6.11. The topological polar surface area (TPSA) is 72.5 Å². The first-order valence-electron chi connectivity index (χ1n) is 3.50. The van der Waals surface area contributed by atoms with Gasteiger partial charge in [-0.15, -0.1) is 0 Å². The van der Waals surface area contributed by atoms with Crippen LogP contribution >= 0.6 is 0 Å². The molecule has 0 saturated heterocycles. The highest BCUT2D eigenvalue weighted by Gasteiger charge is 2.06. The van der Waals surface area contributed by atoms with Crippen molar-refractivity contribution in [2.75, 3.05) is 19.4 Å². The zero-order chi connectivity index (χ0) is 9.61. The van der Waals surface area contributed by atoms with Gasteiger partial charge in [0.05, 0.1) is 12.9 Å². The Bertz CT molecular complexity index is 234. The second-order valence-corrected chi connectivity index (χ2v) is 4.12. The number of hydrogen-bond acceptors (Lipinski definition) is 4. The summed E-state index contributed by atoms with van der Waals surface area (Å²) < 4.78 is 25.6. The van der Waals surface area contributed by atoms with E-state index in [-0.39, 0.29) is 11.7 Å². The van der Waals surface area contributed by atoms with Gasteiger partial charge in [-0.05, 0) is 6.42 Å². The van der Waals surface area contributed by atoms with E-state index in [4.69, 9.17) is 0 Å². The minimum absolute atomic E-state index is 0.0657. The van der Waals surface area contributed by atoms with E-state index in [1.165, 1.54) is 6.92 Å². The van der Waals surface area contributed by atoms with Crippen LogP contribution < -0.4 is 5.32 Å². The molecule has 0 aromatic rings. The van der Waals surface area contributed by atoms with Gasteiger partial charge < -0.3 is 5.32 Å². The van der Waals surface area contributed by atoms with Crippen molar-refractivity contribution >= 4 is 16.0 Å². The van der Waals surface area contributed by atoms with E-state index < -0.39 is 10.1 Å². The fourth-order valence-corrected chi connectivity index (χ4v) is 1.26. The van der Waals surface area contributed by atoms with Crippen LogP contribution in [0.1, 0.15) is 13.3 Å². The van der Waals surface area contributed by atoms with Gasteiger partial charge >= 0.3 is 0 Å². The SMILES string of the molecule is COS(=O)(=O)CCCNC(C)=O. The summed E-state index contributed by atoms with van der Waals surface area (Å²) >= 11 is 0. The first-order valence-corrected chi connectivity index (χ1v) is 5.08. The maximum absolute atomic E-state index is 10.7. The lowest BCUT2D eigenvalue weighted by molar-refractivity contribution is -0.118. The molecule has 0 aromatic heterocycles. The molecule has 0 bridgehead atoms. The molecule has 0 heterocycles. The van der Waals surface area contributed by atoms with E-state index in [9.17, 15) is 13.2 Å².